The number of nitrogens with one attached hydrogen (secondary N) is 1. The molecule has 0 aliphatic heterocycles. The number of ether oxygens (including phenoxy) is 3. The van der Waals surface area contributed by atoms with Gasteiger partial charge in [-0.25, -0.2) is 4.79 Å². The van der Waals surface area contributed by atoms with Gasteiger partial charge in [0.05, 0.1) is 12.7 Å². The maximum atomic E-state index is 12.1. The minimum Gasteiger partial charge on any atom is -0.448 e. The molecule has 0 aliphatic carbocycles. The highest BCUT2D eigenvalue weighted by Crippen LogP contribution is 2.11. The number of carbonyl (C=O) groups is 1. The van der Waals surface area contributed by atoms with E-state index in [0.29, 0.717) is 32.9 Å². The van der Waals surface area contributed by atoms with Gasteiger partial charge in [-0.1, -0.05) is 134 Å². The number of alkyl carbamates (subject to hydrolysis) is 1. The first-order valence-electron chi connectivity index (χ1n) is 18.6. The fourth-order valence-electron chi connectivity index (χ4n) is 4.98. The maximum Gasteiger partial charge on any atom is 0.407 e. The number of unbranched alkanes of at least 4 members (excludes halogenated alkanes) is 18. The SMILES string of the molecule is CCCCCC=CCC=CCCCCCCCCOCC(CNC(=O)OCCN(C)C)OCCCCCCCCCCCC. The lowest BCUT2D eigenvalue weighted by Crippen LogP contribution is -2.37. The zero-order chi connectivity index (χ0) is 32.2. The molecule has 1 amide bonds. The van der Waals surface area contributed by atoms with E-state index in [-0.39, 0.29) is 12.2 Å². The Morgan fingerprint density at radius 2 is 1.14 bits per heavy atom. The number of allylic oxidation sites excluding steroid dienone is 4. The summed E-state index contributed by atoms with van der Waals surface area (Å²) in [5.74, 6) is 0. The number of hydrogen-bond acceptors (Lipinski definition) is 5. The topological polar surface area (TPSA) is 60.0 Å². The molecule has 0 aromatic heterocycles. The highest BCUT2D eigenvalue weighted by atomic mass is 16.6. The van der Waals surface area contributed by atoms with Crippen molar-refractivity contribution in [3.8, 4) is 0 Å². The van der Waals surface area contributed by atoms with Gasteiger partial charge in [-0.15, -0.1) is 0 Å². The predicted molar refractivity (Wildman–Crippen MR) is 190 cm³/mol. The number of rotatable bonds is 34. The molecular weight excluding hydrogens is 548 g/mol. The molecule has 1 N–H and O–H groups in total. The van der Waals surface area contributed by atoms with Gasteiger partial charge in [-0.2, -0.15) is 0 Å². The molecule has 260 valence electrons. The summed E-state index contributed by atoms with van der Waals surface area (Å²) in [6, 6.07) is 0. The molecule has 0 bridgehead atoms. The number of carbonyl (C=O) groups excluding carboxylic acids is 1. The molecule has 0 saturated heterocycles. The Morgan fingerprint density at radius 1 is 0.636 bits per heavy atom. The van der Waals surface area contributed by atoms with E-state index in [4.69, 9.17) is 14.2 Å². The molecule has 0 radical (unpaired) electrons. The molecule has 6 heteroatoms. The standard InChI is InChI=1S/C38H74N2O4/c1-5-7-9-11-13-15-17-18-19-20-21-22-23-25-27-29-32-42-36-37(35-39-38(41)44-34-31-40(3)4)43-33-30-28-26-24-16-14-12-10-8-6-2/h13,15,18-19,37H,5-12,14,16-17,20-36H2,1-4H3,(H,39,41). The molecule has 6 nitrogen and oxygen atoms in total. The molecular formula is C38H74N2O4. The monoisotopic (exact) mass is 623 g/mol. The minimum atomic E-state index is -0.385. The predicted octanol–water partition coefficient (Wildman–Crippen LogP) is 10.4. The van der Waals surface area contributed by atoms with E-state index in [1.165, 1.54) is 122 Å². The van der Waals surface area contributed by atoms with E-state index >= 15 is 0 Å². The second-order valence-corrected chi connectivity index (χ2v) is 12.7. The number of hydrogen-bond donors (Lipinski definition) is 1. The van der Waals surface area contributed by atoms with Crippen LogP contribution < -0.4 is 5.32 Å². The third-order valence-electron chi connectivity index (χ3n) is 7.89. The quantitative estimate of drug-likeness (QED) is 0.0571. The number of likely N-dealkylation sites (N-methyl/N-ethyl adjacent to an activating group) is 1. The Morgan fingerprint density at radius 3 is 1.73 bits per heavy atom. The summed E-state index contributed by atoms with van der Waals surface area (Å²) in [6.45, 7) is 8.01. The lowest BCUT2D eigenvalue weighted by Gasteiger charge is -2.19. The Balaban J connectivity index is 3.95. The zero-order valence-electron chi connectivity index (χ0n) is 29.8. The van der Waals surface area contributed by atoms with E-state index in [1.54, 1.807) is 0 Å². The van der Waals surface area contributed by atoms with Crippen LogP contribution in [0.2, 0.25) is 0 Å². The summed E-state index contributed by atoms with van der Waals surface area (Å²) in [6.07, 6.45) is 36.8. The van der Waals surface area contributed by atoms with Crippen LogP contribution in [0.1, 0.15) is 155 Å². The lowest BCUT2D eigenvalue weighted by atomic mass is 10.1. The van der Waals surface area contributed by atoms with Crippen molar-refractivity contribution in [2.75, 3.05) is 53.6 Å². The van der Waals surface area contributed by atoms with E-state index in [2.05, 4.69) is 43.5 Å². The van der Waals surface area contributed by atoms with Gasteiger partial charge in [0, 0.05) is 26.3 Å². The van der Waals surface area contributed by atoms with Crippen LogP contribution in [-0.2, 0) is 14.2 Å². The average Bonchev–Trinajstić information content (AvgIpc) is 3.01. The molecule has 0 fully saturated rings. The summed E-state index contributed by atoms with van der Waals surface area (Å²) in [5.41, 5.74) is 0. The van der Waals surface area contributed by atoms with Gasteiger partial charge < -0.3 is 24.4 Å². The van der Waals surface area contributed by atoms with Crippen LogP contribution >= 0.6 is 0 Å². The van der Waals surface area contributed by atoms with Crippen molar-refractivity contribution in [2.24, 2.45) is 0 Å². The molecule has 0 heterocycles. The smallest absolute Gasteiger partial charge is 0.407 e. The maximum absolute atomic E-state index is 12.1. The van der Waals surface area contributed by atoms with Crippen LogP contribution in [0.4, 0.5) is 4.79 Å². The average molecular weight is 623 g/mol. The van der Waals surface area contributed by atoms with Crippen molar-refractivity contribution in [1.29, 1.82) is 0 Å². The van der Waals surface area contributed by atoms with E-state index in [1.807, 2.05) is 19.0 Å². The van der Waals surface area contributed by atoms with Crippen molar-refractivity contribution in [3.05, 3.63) is 24.3 Å². The van der Waals surface area contributed by atoms with Gasteiger partial charge in [0.25, 0.3) is 0 Å². The molecule has 0 rings (SSSR count). The van der Waals surface area contributed by atoms with Gasteiger partial charge in [-0.3, -0.25) is 0 Å². The third-order valence-corrected chi connectivity index (χ3v) is 7.89. The van der Waals surface area contributed by atoms with E-state index in [9.17, 15) is 4.79 Å². The highest BCUT2D eigenvalue weighted by molar-refractivity contribution is 5.67. The zero-order valence-corrected chi connectivity index (χ0v) is 29.8. The van der Waals surface area contributed by atoms with Gasteiger partial charge in [0.1, 0.15) is 6.61 Å². The fraction of sp³-hybridized carbons (Fsp3) is 0.868. The van der Waals surface area contributed by atoms with E-state index in [0.717, 1.165) is 25.9 Å². The van der Waals surface area contributed by atoms with E-state index < -0.39 is 0 Å². The van der Waals surface area contributed by atoms with Crippen molar-refractivity contribution < 1.29 is 19.0 Å². The van der Waals surface area contributed by atoms with Crippen molar-refractivity contribution in [2.45, 2.75) is 161 Å². The Bertz CT molecular complexity index is 638. The van der Waals surface area contributed by atoms with Crippen molar-refractivity contribution in [1.82, 2.24) is 10.2 Å². The third kappa shape index (κ3) is 35.1. The number of nitrogens with zero attached hydrogens (tertiary/aromatic N) is 1. The van der Waals surface area contributed by atoms with Crippen LogP contribution in [-0.4, -0.2) is 70.7 Å². The molecule has 1 unspecified atom stereocenters. The molecule has 0 aliphatic rings. The summed E-state index contributed by atoms with van der Waals surface area (Å²) >= 11 is 0. The largest absolute Gasteiger partial charge is 0.448 e. The Labute approximate surface area is 274 Å². The molecule has 1 atom stereocenters. The van der Waals surface area contributed by atoms with Crippen LogP contribution in [0.25, 0.3) is 0 Å². The normalized spacial score (nSPS) is 12.6. The molecule has 44 heavy (non-hydrogen) atoms. The summed E-state index contributed by atoms with van der Waals surface area (Å²) in [5, 5.41) is 2.86. The van der Waals surface area contributed by atoms with Gasteiger partial charge in [0.15, 0.2) is 0 Å². The molecule has 0 saturated carbocycles. The second-order valence-electron chi connectivity index (χ2n) is 12.7. The fourth-order valence-corrected chi connectivity index (χ4v) is 4.98. The first kappa shape index (κ1) is 42.6. The van der Waals surface area contributed by atoms with Gasteiger partial charge in [-0.05, 0) is 59.0 Å². The van der Waals surface area contributed by atoms with Crippen LogP contribution in [0.15, 0.2) is 24.3 Å². The van der Waals surface area contributed by atoms with Gasteiger partial charge >= 0.3 is 6.09 Å². The van der Waals surface area contributed by atoms with Crippen LogP contribution in [0.5, 0.6) is 0 Å². The van der Waals surface area contributed by atoms with Crippen LogP contribution in [0.3, 0.4) is 0 Å². The Kier molecular flexibility index (Phi) is 35.0. The summed E-state index contributed by atoms with van der Waals surface area (Å²) < 4.78 is 17.4. The first-order valence-corrected chi connectivity index (χ1v) is 18.6. The van der Waals surface area contributed by atoms with Crippen LogP contribution in [0, 0.1) is 0 Å². The summed E-state index contributed by atoms with van der Waals surface area (Å²) in [4.78, 5) is 14.1. The molecule has 0 aromatic carbocycles. The Hall–Kier alpha value is -1.37. The second kappa shape index (κ2) is 36.1. The molecule has 0 spiro atoms. The summed E-state index contributed by atoms with van der Waals surface area (Å²) in [7, 11) is 3.93. The van der Waals surface area contributed by atoms with Crippen molar-refractivity contribution in [3.63, 3.8) is 0 Å². The lowest BCUT2D eigenvalue weighted by molar-refractivity contribution is -0.0175. The minimum absolute atomic E-state index is 0.139. The molecule has 0 aromatic rings. The first-order chi connectivity index (χ1) is 21.6. The van der Waals surface area contributed by atoms with Gasteiger partial charge in [0.2, 0.25) is 0 Å². The highest BCUT2D eigenvalue weighted by Gasteiger charge is 2.12. The number of amides is 1. The van der Waals surface area contributed by atoms with Crippen molar-refractivity contribution >= 4 is 6.09 Å².